The van der Waals surface area contributed by atoms with Crippen LogP contribution in [0.15, 0.2) is 48.5 Å². The van der Waals surface area contributed by atoms with Gasteiger partial charge in [0.15, 0.2) is 0 Å². The molecule has 0 bridgehead atoms. The van der Waals surface area contributed by atoms with Gasteiger partial charge >= 0.3 is 36.0 Å². The van der Waals surface area contributed by atoms with Crippen molar-refractivity contribution in [3.8, 4) is 0 Å². The Hall–Kier alpha value is -4.64. The second kappa shape index (κ2) is 8.58. The Morgan fingerprint density at radius 1 is 0.326 bits per heavy atom. The highest BCUT2D eigenvalue weighted by molar-refractivity contribution is 6.38. The molecule has 7 aromatic rings. The van der Waals surface area contributed by atoms with Crippen molar-refractivity contribution in [3.05, 3.63) is 60.2 Å². The molecule has 5 aromatic carbocycles. The van der Waals surface area contributed by atoms with E-state index in [9.17, 15) is 61.5 Å². The summed E-state index contributed by atoms with van der Waals surface area (Å²) in [7, 11) is 0. The molecule has 18 heteroatoms. The molecule has 0 unspecified atom stereocenters. The molecule has 0 atom stereocenters. The van der Waals surface area contributed by atoms with Crippen molar-refractivity contribution in [2.45, 2.75) is 36.0 Å². The monoisotopic (exact) mass is 666 g/mol. The lowest BCUT2D eigenvalue weighted by Gasteiger charge is -2.27. The number of fused-ring (bicyclic) bond motifs is 2. The van der Waals surface area contributed by atoms with Crippen LogP contribution in [0.4, 0.5) is 61.5 Å². The van der Waals surface area contributed by atoms with E-state index in [1.165, 1.54) is 24.3 Å². The molecule has 0 aliphatic rings. The van der Waals surface area contributed by atoms with Crippen LogP contribution in [-0.4, -0.2) is 44.1 Å². The second-order valence-electron chi connectivity index (χ2n) is 10.4. The van der Waals surface area contributed by atoms with E-state index in [1.54, 1.807) is 0 Å². The van der Waals surface area contributed by atoms with Crippen LogP contribution in [0.1, 0.15) is 11.6 Å². The third kappa shape index (κ3) is 3.57. The third-order valence-corrected chi connectivity index (χ3v) is 7.78. The summed E-state index contributed by atoms with van der Waals surface area (Å²) in [6, 6.07) is 9.33. The zero-order valence-electron chi connectivity index (χ0n) is 21.7. The van der Waals surface area contributed by atoms with Crippen LogP contribution in [-0.2, 0) is 11.8 Å². The molecule has 0 saturated carbocycles. The molecule has 0 N–H and O–H groups in total. The standard InChI is InChI=1S/C28H8F14N4/c29-23(30,25(33,34)27(37,38)39)21-43-13-5-1-9-10-2-6-15-20-16(46-22(45-15)24(31,32)26(35,36)28(40,41)42)8-4-12(18(10)20)11-3-7-14(44-21)19(13)17(9)11/h1-8H. The first-order valence-corrected chi connectivity index (χ1v) is 12.6. The van der Waals surface area contributed by atoms with Gasteiger partial charge < -0.3 is 0 Å². The van der Waals surface area contributed by atoms with Crippen molar-refractivity contribution in [2.75, 3.05) is 0 Å². The van der Waals surface area contributed by atoms with E-state index in [-0.39, 0.29) is 21.5 Å². The summed E-state index contributed by atoms with van der Waals surface area (Å²) in [5, 5.41) is 1.71. The zero-order chi connectivity index (χ0) is 33.6. The predicted octanol–water partition coefficient (Wildman–Crippen LogP) is 9.64. The Morgan fingerprint density at radius 2 is 0.565 bits per heavy atom. The van der Waals surface area contributed by atoms with Crippen LogP contribution in [0, 0.1) is 0 Å². The van der Waals surface area contributed by atoms with Crippen LogP contribution in [0.25, 0.3) is 65.2 Å². The molecule has 4 nitrogen and oxygen atoms in total. The van der Waals surface area contributed by atoms with Gasteiger partial charge in [-0.15, -0.1) is 0 Å². The van der Waals surface area contributed by atoms with Gasteiger partial charge in [0.25, 0.3) is 0 Å². The van der Waals surface area contributed by atoms with E-state index in [2.05, 4.69) is 19.9 Å². The molecule has 0 saturated heterocycles. The SMILES string of the molecule is FC(F)(F)C(F)(F)C(F)(F)c1nc2ccc3c4ccc5nc(C(F)(F)C(F)(F)C(F)(F)F)nc6ccc(c7ccc(n1)c2c37)c4c56. The van der Waals surface area contributed by atoms with Crippen molar-refractivity contribution < 1.29 is 61.5 Å². The lowest BCUT2D eigenvalue weighted by atomic mass is 9.88. The predicted molar refractivity (Wildman–Crippen MR) is 135 cm³/mol. The Bertz CT molecular complexity index is 2080. The molecule has 2 heterocycles. The zero-order valence-corrected chi connectivity index (χ0v) is 21.7. The molecular formula is C28H8F14N4. The first kappa shape index (κ1) is 30.0. The van der Waals surface area contributed by atoms with Crippen LogP contribution in [0.3, 0.4) is 0 Å². The number of halogens is 14. The fraction of sp³-hybridized carbons (Fsp3) is 0.214. The first-order chi connectivity index (χ1) is 21.1. The van der Waals surface area contributed by atoms with Gasteiger partial charge in [0.05, 0.1) is 22.1 Å². The average Bonchev–Trinajstić information content (AvgIpc) is 2.97. The topological polar surface area (TPSA) is 51.6 Å². The highest BCUT2D eigenvalue weighted by Gasteiger charge is 2.76. The van der Waals surface area contributed by atoms with Gasteiger partial charge in [0.2, 0.25) is 11.6 Å². The fourth-order valence-electron chi connectivity index (χ4n) is 5.61. The summed E-state index contributed by atoms with van der Waals surface area (Å²) in [5.74, 6) is -28.9. The number of alkyl halides is 14. The maximum absolute atomic E-state index is 14.5. The summed E-state index contributed by atoms with van der Waals surface area (Å²) in [4.78, 5) is 13.4. The van der Waals surface area contributed by atoms with Crippen molar-refractivity contribution in [1.29, 1.82) is 0 Å². The number of nitrogens with zero attached hydrogens (tertiary/aromatic N) is 4. The third-order valence-electron chi connectivity index (χ3n) is 7.78. The number of benzene rings is 5. The summed E-state index contributed by atoms with van der Waals surface area (Å²) in [6.45, 7) is 0. The van der Waals surface area contributed by atoms with Crippen LogP contribution in [0.5, 0.6) is 0 Å². The molecule has 0 spiro atoms. The molecule has 0 aliphatic carbocycles. The Balaban J connectivity index is 1.50. The lowest BCUT2D eigenvalue weighted by molar-refractivity contribution is -0.361. The molecule has 0 radical (unpaired) electrons. The van der Waals surface area contributed by atoms with E-state index in [0.29, 0.717) is 21.5 Å². The highest BCUT2D eigenvalue weighted by Crippen LogP contribution is 2.53. The summed E-state index contributed by atoms with van der Waals surface area (Å²) in [6.07, 6.45) is -13.3. The Morgan fingerprint density at radius 3 is 0.783 bits per heavy atom. The fourth-order valence-corrected chi connectivity index (χ4v) is 5.61. The smallest absolute Gasteiger partial charge is 0.227 e. The number of hydrogen-bond acceptors (Lipinski definition) is 4. The molecule has 238 valence electrons. The average molecular weight is 666 g/mol. The minimum atomic E-state index is -6.63. The van der Waals surface area contributed by atoms with E-state index < -0.39 is 69.8 Å². The maximum atomic E-state index is 14.5. The Labute approximate surface area is 243 Å². The van der Waals surface area contributed by atoms with Crippen molar-refractivity contribution >= 4 is 65.2 Å². The minimum absolute atomic E-state index is 0.00272. The van der Waals surface area contributed by atoms with E-state index >= 15 is 0 Å². The van der Waals surface area contributed by atoms with Gasteiger partial charge in [-0.1, -0.05) is 24.3 Å². The molecule has 7 rings (SSSR count). The van der Waals surface area contributed by atoms with E-state index in [1.807, 2.05) is 0 Å². The van der Waals surface area contributed by atoms with Crippen LogP contribution < -0.4 is 0 Å². The molecular weight excluding hydrogens is 658 g/mol. The maximum Gasteiger partial charge on any atom is 0.460 e. The molecule has 0 aliphatic heterocycles. The molecule has 2 aromatic heterocycles. The number of aromatic nitrogens is 4. The summed E-state index contributed by atoms with van der Waals surface area (Å²) < 4.78 is 190. The van der Waals surface area contributed by atoms with E-state index in [4.69, 9.17) is 0 Å². The van der Waals surface area contributed by atoms with Crippen molar-refractivity contribution in [1.82, 2.24) is 19.9 Å². The van der Waals surface area contributed by atoms with Gasteiger partial charge in [0, 0.05) is 21.5 Å². The number of hydrogen-bond donors (Lipinski definition) is 0. The van der Waals surface area contributed by atoms with Gasteiger partial charge in [-0.25, -0.2) is 19.9 Å². The largest absolute Gasteiger partial charge is 0.460 e. The van der Waals surface area contributed by atoms with Gasteiger partial charge in [-0.2, -0.15) is 61.5 Å². The molecule has 0 fully saturated rings. The van der Waals surface area contributed by atoms with E-state index in [0.717, 1.165) is 24.3 Å². The highest BCUT2D eigenvalue weighted by atomic mass is 19.4. The lowest BCUT2D eigenvalue weighted by Crippen LogP contribution is -2.50. The Kier molecular flexibility index (Phi) is 5.60. The van der Waals surface area contributed by atoms with Gasteiger partial charge in [-0.05, 0) is 45.8 Å². The van der Waals surface area contributed by atoms with Gasteiger partial charge in [0.1, 0.15) is 0 Å². The van der Waals surface area contributed by atoms with Crippen molar-refractivity contribution in [2.24, 2.45) is 0 Å². The van der Waals surface area contributed by atoms with Gasteiger partial charge in [-0.3, -0.25) is 0 Å². The van der Waals surface area contributed by atoms with Crippen LogP contribution in [0.2, 0.25) is 0 Å². The van der Waals surface area contributed by atoms with Crippen molar-refractivity contribution in [3.63, 3.8) is 0 Å². The summed E-state index contributed by atoms with van der Waals surface area (Å²) in [5.41, 5.74) is -1.65. The normalized spacial score (nSPS) is 14.7. The molecule has 0 amide bonds. The summed E-state index contributed by atoms with van der Waals surface area (Å²) >= 11 is 0. The molecule has 46 heavy (non-hydrogen) atoms. The second-order valence-corrected chi connectivity index (χ2v) is 10.4. The quantitative estimate of drug-likeness (QED) is 0.107. The number of rotatable bonds is 4. The first-order valence-electron chi connectivity index (χ1n) is 12.6. The van der Waals surface area contributed by atoms with Crippen LogP contribution >= 0.6 is 0 Å². The minimum Gasteiger partial charge on any atom is -0.227 e.